The lowest BCUT2D eigenvalue weighted by Gasteiger charge is -2.12. The number of nitrogens with one attached hydrogen (secondary N) is 2. The molecule has 2 N–H and O–H groups in total. The first-order valence-corrected chi connectivity index (χ1v) is 9.34. The zero-order chi connectivity index (χ0) is 20.5. The smallest absolute Gasteiger partial charge is 0.253 e. The molecule has 3 rings (SSSR count). The Labute approximate surface area is 169 Å². The average molecular weight is 389 g/mol. The largest absolute Gasteiger partial charge is 0.497 e. The van der Waals surface area contributed by atoms with Crippen molar-refractivity contribution >= 4 is 17.5 Å². The van der Waals surface area contributed by atoms with Crippen LogP contribution in [-0.4, -0.2) is 23.9 Å². The van der Waals surface area contributed by atoms with Gasteiger partial charge in [-0.1, -0.05) is 30.3 Å². The minimum atomic E-state index is -0.211. The molecule has 0 spiro atoms. The molecule has 0 saturated heterocycles. The van der Waals surface area contributed by atoms with Crippen molar-refractivity contribution in [1.29, 1.82) is 0 Å². The average Bonchev–Trinajstić information content (AvgIpc) is 2.77. The van der Waals surface area contributed by atoms with Gasteiger partial charge in [-0.3, -0.25) is 14.6 Å². The van der Waals surface area contributed by atoms with E-state index in [4.69, 9.17) is 4.74 Å². The van der Waals surface area contributed by atoms with Crippen LogP contribution in [0.25, 0.3) is 0 Å². The maximum atomic E-state index is 12.4. The molecule has 0 radical (unpaired) electrons. The molecule has 2 amide bonds. The first-order valence-electron chi connectivity index (χ1n) is 9.34. The number of ether oxygens (including phenoxy) is 1. The highest BCUT2D eigenvalue weighted by Gasteiger charge is 2.10. The zero-order valence-corrected chi connectivity index (χ0v) is 16.2. The fraction of sp³-hybridized carbons (Fsp3) is 0.174. The summed E-state index contributed by atoms with van der Waals surface area (Å²) in [7, 11) is 1.62. The van der Waals surface area contributed by atoms with E-state index in [9.17, 15) is 9.59 Å². The van der Waals surface area contributed by atoms with Gasteiger partial charge < -0.3 is 15.4 Å². The van der Waals surface area contributed by atoms with E-state index in [1.807, 2.05) is 48.5 Å². The van der Waals surface area contributed by atoms with Gasteiger partial charge in [0.15, 0.2) is 0 Å². The zero-order valence-electron chi connectivity index (χ0n) is 16.2. The van der Waals surface area contributed by atoms with Crippen LogP contribution in [0.15, 0.2) is 73.1 Å². The van der Waals surface area contributed by atoms with E-state index in [1.165, 1.54) is 6.20 Å². The second kappa shape index (κ2) is 10.0. The number of methoxy groups -OCH3 is 1. The van der Waals surface area contributed by atoms with Gasteiger partial charge in [-0.05, 0) is 47.9 Å². The van der Waals surface area contributed by atoms with Crippen molar-refractivity contribution in [3.05, 3.63) is 89.7 Å². The van der Waals surface area contributed by atoms with E-state index in [0.29, 0.717) is 30.6 Å². The van der Waals surface area contributed by atoms with Gasteiger partial charge in [-0.25, -0.2) is 0 Å². The molecule has 0 fully saturated rings. The van der Waals surface area contributed by atoms with Crippen molar-refractivity contribution in [2.75, 3.05) is 12.4 Å². The number of anilines is 1. The number of carbonyl (C=O) groups is 2. The Morgan fingerprint density at radius 1 is 1.03 bits per heavy atom. The molecule has 0 aliphatic heterocycles. The number of carbonyl (C=O) groups excluding carboxylic acids is 2. The van der Waals surface area contributed by atoms with Gasteiger partial charge in [0.1, 0.15) is 5.75 Å². The van der Waals surface area contributed by atoms with Crippen LogP contribution in [-0.2, 0) is 17.8 Å². The number of benzene rings is 2. The Morgan fingerprint density at radius 3 is 2.69 bits per heavy atom. The molecule has 0 atom stereocenters. The predicted octanol–water partition coefficient (Wildman–Crippen LogP) is 3.59. The number of amides is 2. The van der Waals surface area contributed by atoms with Gasteiger partial charge >= 0.3 is 0 Å². The second-order valence-electron chi connectivity index (χ2n) is 6.48. The van der Waals surface area contributed by atoms with Gasteiger partial charge in [0, 0.05) is 31.0 Å². The Bertz CT molecular complexity index is 974. The molecule has 0 aliphatic rings. The standard InChI is InChI=1S/C23H23N3O3/c1-29-20-9-4-6-17(14-20)11-12-22(27)26-21-10-3-2-7-18(21)16-25-23(28)19-8-5-13-24-15-19/h2-10,13-15H,11-12,16H2,1H3,(H,25,28)(H,26,27). The lowest BCUT2D eigenvalue weighted by Crippen LogP contribution is -2.24. The van der Waals surface area contributed by atoms with Crippen LogP contribution in [0.2, 0.25) is 0 Å². The van der Waals surface area contributed by atoms with Gasteiger partial charge in [0.05, 0.1) is 12.7 Å². The molecule has 0 aliphatic carbocycles. The maximum absolute atomic E-state index is 12.4. The predicted molar refractivity (Wildman–Crippen MR) is 112 cm³/mol. The molecule has 0 saturated carbocycles. The highest BCUT2D eigenvalue weighted by molar-refractivity contribution is 5.94. The minimum absolute atomic E-state index is 0.0844. The summed E-state index contributed by atoms with van der Waals surface area (Å²) >= 11 is 0. The lowest BCUT2D eigenvalue weighted by molar-refractivity contribution is -0.116. The molecule has 29 heavy (non-hydrogen) atoms. The van der Waals surface area contributed by atoms with Crippen molar-refractivity contribution in [2.24, 2.45) is 0 Å². The van der Waals surface area contributed by atoms with Crippen LogP contribution in [0.5, 0.6) is 5.75 Å². The van der Waals surface area contributed by atoms with E-state index >= 15 is 0 Å². The highest BCUT2D eigenvalue weighted by atomic mass is 16.5. The van der Waals surface area contributed by atoms with Crippen molar-refractivity contribution in [3.63, 3.8) is 0 Å². The van der Waals surface area contributed by atoms with E-state index in [1.54, 1.807) is 25.4 Å². The Balaban J connectivity index is 1.56. The molecule has 0 bridgehead atoms. The van der Waals surface area contributed by atoms with Crippen LogP contribution in [0.4, 0.5) is 5.69 Å². The van der Waals surface area contributed by atoms with Gasteiger partial charge in [-0.15, -0.1) is 0 Å². The summed E-state index contributed by atoms with van der Waals surface area (Å²) in [5.41, 5.74) is 3.05. The molecule has 148 valence electrons. The fourth-order valence-corrected chi connectivity index (χ4v) is 2.87. The van der Waals surface area contributed by atoms with Crippen LogP contribution in [0, 0.1) is 0 Å². The van der Waals surface area contributed by atoms with Gasteiger partial charge in [-0.2, -0.15) is 0 Å². The van der Waals surface area contributed by atoms with E-state index < -0.39 is 0 Å². The third kappa shape index (κ3) is 5.90. The molecular formula is C23H23N3O3. The normalized spacial score (nSPS) is 10.2. The fourth-order valence-electron chi connectivity index (χ4n) is 2.87. The molecule has 1 aromatic heterocycles. The van der Waals surface area contributed by atoms with Crippen LogP contribution >= 0.6 is 0 Å². The van der Waals surface area contributed by atoms with Gasteiger partial charge in [0.25, 0.3) is 5.91 Å². The van der Waals surface area contributed by atoms with Crippen LogP contribution < -0.4 is 15.4 Å². The lowest BCUT2D eigenvalue weighted by atomic mass is 10.1. The molecule has 3 aromatic rings. The number of hydrogen-bond acceptors (Lipinski definition) is 4. The molecular weight excluding hydrogens is 366 g/mol. The molecule has 2 aromatic carbocycles. The van der Waals surface area contributed by atoms with Crippen LogP contribution in [0.3, 0.4) is 0 Å². The van der Waals surface area contributed by atoms with Crippen molar-refractivity contribution in [1.82, 2.24) is 10.3 Å². The van der Waals surface area contributed by atoms with Crippen molar-refractivity contribution in [2.45, 2.75) is 19.4 Å². The summed E-state index contributed by atoms with van der Waals surface area (Å²) in [6, 6.07) is 18.5. The van der Waals surface area contributed by atoms with Crippen molar-refractivity contribution in [3.8, 4) is 5.75 Å². The Kier molecular flexibility index (Phi) is 6.95. The third-order valence-electron chi connectivity index (χ3n) is 4.43. The van der Waals surface area contributed by atoms with Crippen LogP contribution in [0.1, 0.15) is 27.9 Å². The quantitative estimate of drug-likeness (QED) is 0.617. The second-order valence-corrected chi connectivity index (χ2v) is 6.48. The summed E-state index contributed by atoms with van der Waals surface area (Å²) in [6.07, 6.45) is 4.10. The summed E-state index contributed by atoms with van der Waals surface area (Å²) in [5.74, 6) is 0.480. The van der Waals surface area contributed by atoms with E-state index in [-0.39, 0.29) is 11.8 Å². The number of hydrogen-bond donors (Lipinski definition) is 2. The number of aromatic nitrogens is 1. The highest BCUT2D eigenvalue weighted by Crippen LogP contribution is 2.17. The monoisotopic (exact) mass is 389 g/mol. The van der Waals surface area contributed by atoms with E-state index in [2.05, 4.69) is 15.6 Å². The van der Waals surface area contributed by atoms with E-state index in [0.717, 1.165) is 16.9 Å². The summed E-state index contributed by atoms with van der Waals surface area (Å²) in [4.78, 5) is 28.6. The van der Waals surface area contributed by atoms with Gasteiger partial charge in [0.2, 0.25) is 5.91 Å². The number of aryl methyl sites for hydroxylation is 1. The number of rotatable bonds is 8. The molecule has 6 nitrogen and oxygen atoms in total. The van der Waals surface area contributed by atoms with Crippen molar-refractivity contribution < 1.29 is 14.3 Å². The maximum Gasteiger partial charge on any atom is 0.253 e. The summed E-state index contributed by atoms with van der Waals surface area (Å²) in [5, 5.41) is 5.79. The molecule has 6 heteroatoms. The molecule has 0 unspecified atom stereocenters. The third-order valence-corrected chi connectivity index (χ3v) is 4.43. The summed E-state index contributed by atoms with van der Waals surface area (Å²) < 4.78 is 5.21. The number of nitrogens with zero attached hydrogens (tertiary/aromatic N) is 1. The Hall–Kier alpha value is -3.67. The number of para-hydroxylation sites is 1. The first kappa shape index (κ1) is 20.1. The SMILES string of the molecule is COc1cccc(CCC(=O)Nc2ccccc2CNC(=O)c2cccnc2)c1. The first-order chi connectivity index (χ1) is 14.2. The molecule has 1 heterocycles. The topological polar surface area (TPSA) is 80.3 Å². The summed E-state index contributed by atoms with van der Waals surface area (Å²) in [6.45, 7) is 0.306. The Morgan fingerprint density at radius 2 is 1.90 bits per heavy atom. The minimum Gasteiger partial charge on any atom is -0.497 e. The number of pyridine rings is 1.